The van der Waals surface area contributed by atoms with E-state index in [1.165, 1.54) is 50.5 Å². The van der Waals surface area contributed by atoms with Crippen LogP contribution in [0.15, 0.2) is 53.7 Å². The highest BCUT2D eigenvalue weighted by molar-refractivity contribution is 6.05. The number of nitrogens with one attached hydrogen (secondary N) is 2. The first-order valence-corrected chi connectivity index (χ1v) is 16.4. The number of guanidine groups is 1. The van der Waals surface area contributed by atoms with Gasteiger partial charge in [-0.15, -0.1) is 18.3 Å². The predicted octanol–water partition coefficient (Wildman–Crippen LogP) is 8.25. The number of carbonyl (C=O) groups excluding carboxylic acids is 1. The number of hydrogen-bond donors (Lipinski definition) is 4. The van der Waals surface area contributed by atoms with Crippen LogP contribution in [0, 0.1) is 11.3 Å². The van der Waals surface area contributed by atoms with Gasteiger partial charge in [-0.1, -0.05) is 78.8 Å². The smallest absolute Gasteiger partial charge is 0.320 e. The number of amides is 1. The highest BCUT2D eigenvalue weighted by Crippen LogP contribution is 2.43. The summed E-state index contributed by atoms with van der Waals surface area (Å²) in [5.41, 5.74) is 6.46. The molecule has 6 N–H and O–H groups in total. The number of allylic oxidation sites excluding steroid dienone is 2. The maximum absolute atomic E-state index is 12.3. The molecule has 1 fully saturated rings. The lowest BCUT2D eigenvalue weighted by molar-refractivity contribution is -0.334. The van der Waals surface area contributed by atoms with Gasteiger partial charge in [-0.3, -0.25) is 25.0 Å². The number of halogens is 3. The van der Waals surface area contributed by atoms with Crippen LogP contribution in [-0.4, -0.2) is 34.1 Å². The minimum Gasteiger partial charge on any atom is -0.320 e. The van der Waals surface area contributed by atoms with Crippen molar-refractivity contribution in [3.05, 3.63) is 71.1 Å². The fraction of sp³-hybridized carbons (Fsp3) is 0.571. The molecule has 0 bridgehead atoms. The summed E-state index contributed by atoms with van der Waals surface area (Å²) >= 11 is 0. The lowest BCUT2D eigenvalue weighted by Gasteiger charge is -2.37. The highest BCUT2D eigenvalue weighted by Gasteiger charge is 2.32. The third-order valence-corrected chi connectivity index (χ3v) is 7.37. The maximum atomic E-state index is 12.3. The normalized spacial score (nSPS) is 17.4. The minimum atomic E-state index is -4.53. The van der Waals surface area contributed by atoms with Crippen molar-refractivity contribution < 1.29 is 22.7 Å². The molecule has 0 aliphatic heterocycles. The number of rotatable bonds is 7. The van der Waals surface area contributed by atoms with Gasteiger partial charge in [0, 0.05) is 17.2 Å². The molecule has 1 amide bonds. The molecule has 0 radical (unpaired) electrons. The fourth-order valence-corrected chi connectivity index (χ4v) is 5.16. The lowest BCUT2D eigenvalue weighted by atomic mass is 9.69. The summed E-state index contributed by atoms with van der Waals surface area (Å²) in [7, 11) is 0. The van der Waals surface area contributed by atoms with Crippen LogP contribution in [0.5, 0.6) is 0 Å². The number of ether oxygens (including phenoxy) is 1. The van der Waals surface area contributed by atoms with Gasteiger partial charge in [0.25, 0.3) is 5.91 Å². The van der Waals surface area contributed by atoms with Gasteiger partial charge < -0.3 is 5.84 Å². The average Bonchev–Trinajstić information content (AvgIpc) is 3.43. The molecule has 0 spiro atoms. The van der Waals surface area contributed by atoms with Crippen molar-refractivity contribution in [2.75, 3.05) is 0 Å². The Morgan fingerprint density at radius 2 is 1.64 bits per heavy atom. The van der Waals surface area contributed by atoms with Gasteiger partial charge in [0.15, 0.2) is 0 Å². The second kappa shape index (κ2) is 22.0. The average molecular weight is 666 g/mol. The Morgan fingerprint density at radius 1 is 1.06 bits per heavy atom. The summed E-state index contributed by atoms with van der Waals surface area (Å²) in [6, 6.07) is 9.68. The van der Waals surface area contributed by atoms with Crippen LogP contribution in [0.2, 0.25) is 0 Å². The summed E-state index contributed by atoms with van der Waals surface area (Å²) in [5.74, 6) is 11.4. The van der Waals surface area contributed by atoms with Gasteiger partial charge >= 0.3 is 6.36 Å². The maximum Gasteiger partial charge on any atom is 0.523 e. The van der Waals surface area contributed by atoms with Gasteiger partial charge in [-0.25, -0.2) is 5.84 Å². The quantitative estimate of drug-likeness (QED) is 0.0774. The molecule has 1 atom stereocenters. The van der Waals surface area contributed by atoms with E-state index >= 15 is 0 Å². The molecule has 2 aromatic rings. The number of benzene rings is 1. The van der Waals surface area contributed by atoms with Gasteiger partial charge in [0.1, 0.15) is 0 Å². The molecule has 1 aliphatic rings. The van der Waals surface area contributed by atoms with E-state index in [0.717, 1.165) is 17.2 Å². The summed E-state index contributed by atoms with van der Waals surface area (Å²) < 4.78 is 39.8. The third-order valence-electron chi connectivity index (χ3n) is 7.37. The summed E-state index contributed by atoms with van der Waals surface area (Å²) in [6.45, 7) is 20.7. The SMILES string of the molecule is C/C=C/c1cc(C2CCC(C(C)(C)C)CC2)n(Cc2ccc(C(=O)N/C(=N/N)NN)cc2)n1.C/C=C\C(C)OC(F)(F)F.CC.CC. The number of hydrazine groups is 1. The fourth-order valence-electron chi connectivity index (χ4n) is 5.16. The van der Waals surface area contributed by atoms with Crippen LogP contribution >= 0.6 is 0 Å². The van der Waals surface area contributed by atoms with E-state index in [-0.39, 0.29) is 11.9 Å². The van der Waals surface area contributed by atoms with Crippen LogP contribution in [0.25, 0.3) is 6.08 Å². The van der Waals surface area contributed by atoms with E-state index in [0.29, 0.717) is 23.4 Å². The van der Waals surface area contributed by atoms with Crippen molar-refractivity contribution in [2.24, 2.45) is 28.1 Å². The number of hydrazone groups is 1. The Bertz CT molecular complexity index is 1240. The Kier molecular flexibility index (Phi) is 20.3. The Hall–Kier alpha value is -3.64. The molecular formula is C35H58F3N7O2. The Morgan fingerprint density at radius 3 is 2.09 bits per heavy atom. The van der Waals surface area contributed by atoms with Gasteiger partial charge in [0.2, 0.25) is 5.96 Å². The second-order valence-corrected chi connectivity index (χ2v) is 11.6. The Balaban J connectivity index is 0.00000128. The first-order chi connectivity index (χ1) is 22.2. The number of hydrogen-bond acceptors (Lipinski definition) is 6. The molecule has 1 heterocycles. The van der Waals surface area contributed by atoms with Crippen molar-refractivity contribution in [3.8, 4) is 0 Å². The highest BCUT2D eigenvalue weighted by atomic mass is 19.4. The number of nitrogens with zero attached hydrogens (tertiary/aromatic N) is 3. The second-order valence-electron chi connectivity index (χ2n) is 11.6. The molecule has 0 saturated heterocycles. The number of alkyl halides is 3. The van der Waals surface area contributed by atoms with Gasteiger partial charge in [-0.05, 0) is 87.6 Å². The van der Waals surface area contributed by atoms with Crippen LogP contribution in [-0.2, 0) is 11.3 Å². The zero-order valence-corrected chi connectivity index (χ0v) is 29.9. The zero-order chi connectivity index (χ0) is 36.2. The van der Waals surface area contributed by atoms with Crippen molar-refractivity contribution in [1.29, 1.82) is 0 Å². The molecule has 1 aliphatic carbocycles. The molecule has 47 heavy (non-hydrogen) atoms. The molecular weight excluding hydrogens is 607 g/mol. The van der Waals surface area contributed by atoms with E-state index in [4.69, 9.17) is 16.8 Å². The molecule has 3 rings (SSSR count). The first kappa shape index (κ1) is 43.4. The molecule has 9 nitrogen and oxygen atoms in total. The number of carbonyl (C=O) groups is 1. The molecule has 266 valence electrons. The van der Waals surface area contributed by atoms with Crippen molar-refractivity contribution in [2.45, 2.75) is 120 Å². The standard InChI is InChI=1S/C25H37N7O.C6H9F3O.2C2H6/c1-5-6-21-15-22(18-11-13-20(14-12-18)25(2,3)4)32(31-21)16-17-7-9-19(10-8-17)23(33)28-24(29-26)30-27;1-3-4-5(2)10-6(7,8)9;2*1-2/h5-10,15,18,20H,11-14,16,26-27H2,1-4H3,(H2,28,29,30,33);3-5H,1-2H3;2*1-2H3/b6-5+;4-3-;;. The van der Waals surface area contributed by atoms with Crippen molar-refractivity contribution in [3.63, 3.8) is 0 Å². The molecule has 12 heteroatoms. The monoisotopic (exact) mass is 665 g/mol. The minimum absolute atomic E-state index is 0.00273. The van der Waals surface area contributed by atoms with Crippen LogP contribution < -0.4 is 22.4 Å². The van der Waals surface area contributed by atoms with E-state index in [2.05, 4.69) is 58.2 Å². The predicted molar refractivity (Wildman–Crippen MR) is 187 cm³/mol. The molecule has 1 aromatic carbocycles. The third kappa shape index (κ3) is 16.2. The summed E-state index contributed by atoms with van der Waals surface area (Å²) in [4.78, 5) is 12.3. The van der Waals surface area contributed by atoms with E-state index < -0.39 is 12.5 Å². The summed E-state index contributed by atoms with van der Waals surface area (Å²) in [5, 5.41) is 10.7. The molecule has 1 aromatic heterocycles. The van der Waals surface area contributed by atoms with Crippen molar-refractivity contribution >= 4 is 17.9 Å². The summed E-state index contributed by atoms with van der Waals surface area (Å²) in [6.07, 6.45) is 6.39. The van der Waals surface area contributed by atoms with Crippen LogP contribution in [0.3, 0.4) is 0 Å². The number of nitrogens with two attached hydrogens (primary N) is 2. The van der Waals surface area contributed by atoms with E-state index in [9.17, 15) is 18.0 Å². The molecule has 1 saturated carbocycles. The van der Waals surface area contributed by atoms with Crippen molar-refractivity contribution in [1.82, 2.24) is 20.5 Å². The zero-order valence-electron chi connectivity index (χ0n) is 29.9. The van der Waals surface area contributed by atoms with Crippen LogP contribution in [0.4, 0.5) is 13.2 Å². The van der Waals surface area contributed by atoms with E-state index in [1.807, 2.05) is 52.8 Å². The first-order valence-electron chi connectivity index (χ1n) is 16.4. The Labute approximate surface area is 280 Å². The lowest BCUT2D eigenvalue weighted by Crippen LogP contribution is -2.45. The largest absolute Gasteiger partial charge is 0.523 e. The topological polar surface area (TPSA) is 133 Å². The van der Waals surface area contributed by atoms with Crippen LogP contribution in [0.1, 0.15) is 128 Å². The van der Waals surface area contributed by atoms with Gasteiger partial charge in [0.05, 0.1) is 18.3 Å². The van der Waals surface area contributed by atoms with E-state index in [1.54, 1.807) is 19.1 Å². The molecule has 1 unspecified atom stereocenters. The van der Waals surface area contributed by atoms with Gasteiger partial charge in [-0.2, -0.15) is 5.10 Å². The number of aromatic nitrogens is 2.